The van der Waals surface area contributed by atoms with Gasteiger partial charge in [0.2, 0.25) is 0 Å². The highest BCUT2D eigenvalue weighted by Crippen LogP contribution is 2.13. The normalized spacial score (nSPS) is 11.0. The molecule has 1 rings (SSSR count). The van der Waals surface area contributed by atoms with Crippen molar-refractivity contribution in [3.63, 3.8) is 0 Å². The highest BCUT2D eigenvalue weighted by atomic mass is 19.1. The molecular formula is C10H9FN2. The molecule has 0 bridgehead atoms. The Kier molecular flexibility index (Phi) is 2.65. The third-order valence-corrected chi connectivity index (χ3v) is 1.71. The van der Waals surface area contributed by atoms with Crippen molar-refractivity contribution in [3.05, 3.63) is 41.2 Å². The Morgan fingerprint density at radius 3 is 2.85 bits per heavy atom. The second-order valence-corrected chi connectivity index (χ2v) is 2.69. The van der Waals surface area contributed by atoms with Gasteiger partial charge in [-0.2, -0.15) is 5.26 Å². The Hall–Kier alpha value is -1.82. The number of hydrogen-bond acceptors (Lipinski definition) is 2. The van der Waals surface area contributed by atoms with Gasteiger partial charge in [-0.3, -0.25) is 0 Å². The summed E-state index contributed by atoms with van der Waals surface area (Å²) in [5.41, 5.74) is 7.08. The van der Waals surface area contributed by atoms with Gasteiger partial charge in [-0.15, -0.1) is 0 Å². The minimum Gasteiger partial charge on any atom is -0.398 e. The van der Waals surface area contributed by atoms with Crippen LogP contribution in [0.5, 0.6) is 0 Å². The molecule has 0 atom stereocenters. The van der Waals surface area contributed by atoms with Crippen molar-refractivity contribution < 1.29 is 4.39 Å². The van der Waals surface area contributed by atoms with E-state index in [9.17, 15) is 4.39 Å². The maximum absolute atomic E-state index is 12.8. The molecule has 0 amide bonds. The van der Waals surface area contributed by atoms with Crippen molar-refractivity contribution in [3.8, 4) is 6.07 Å². The van der Waals surface area contributed by atoms with Gasteiger partial charge < -0.3 is 5.73 Å². The zero-order chi connectivity index (χ0) is 9.84. The fourth-order valence-corrected chi connectivity index (χ4v) is 0.977. The lowest BCUT2D eigenvalue weighted by Crippen LogP contribution is -1.96. The average Bonchev–Trinajstić information content (AvgIpc) is 2.10. The van der Waals surface area contributed by atoms with Crippen LogP contribution in [0.4, 0.5) is 4.39 Å². The van der Waals surface area contributed by atoms with Crippen LogP contribution in [0.1, 0.15) is 11.1 Å². The van der Waals surface area contributed by atoms with Crippen LogP contribution in [0, 0.1) is 24.1 Å². The zero-order valence-electron chi connectivity index (χ0n) is 7.21. The van der Waals surface area contributed by atoms with Crippen LogP contribution < -0.4 is 5.73 Å². The summed E-state index contributed by atoms with van der Waals surface area (Å²) in [6.07, 6.45) is 1.23. The molecule has 13 heavy (non-hydrogen) atoms. The lowest BCUT2D eigenvalue weighted by molar-refractivity contribution is 0.618. The molecule has 0 aliphatic heterocycles. The first-order valence-corrected chi connectivity index (χ1v) is 3.77. The summed E-state index contributed by atoms with van der Waals surface area (Å²) < 4.78 is 12.8. The predicted octanol–water partition coefficient (Wildman–Crippen LogP) is 1.96. The third kappa shape index (κ3) is 2.06. The van der Waals surface area contributed by atoms with E-state index in [-0.39, 0.29) is 5.82 Å². The Labute approximate surface area is 76.1 Å². The number of aryl methyl sites for hydroxylation is 1. The van der Waals surface area contributed by atoms with Gasteiger partial charge in [0, 0.05) is 11.8 Å². The lowest BCUT2D eigenvalue weighted by atomic mass is 10.1. The number of halogens is 1. The van der Waals surface area contributed by atoms with Crippen LogP contribution in [0.15, 0.2) is 24.3 Å². The lowest BCUT2D eigenvalue weighted by Gasteiger charge is -2.01. The molecule has 3 heteroatoms. The summed E-state index contributed by atoms with van der Waals surface area (Å²) in [5, 5.41) is 8.34. The molecule has 0 saturated carbocycles. The summed E-state index contributed by atoms with van der Waals surface area (Å²) in [7, 11) is 0. The van der Waals surface area contributed by atoms with Gasteiger partial charge in [-0.1, -0.05) is 0 Å². The van der Waals surface area contributed by atoms with Crippen LogP contribution in [-0.4, -0.2) is 0 Å². The Bertz CT molecular complexity index is 388. The van der Waals surface area contributed by atoms with Gasteiger partial charge in [0.25, 0.3) is 0 Å². The fourth-order valence-electron chi connectivity index (χ4n) is 0.977. The number of benzene rings is 1. The van der Waals surface area contributed by atoms with E-state index in [2.05, 4.69) is 0 Å². The van der Waals surface area contributed by atoms with Gasteiger partial charge >= 0.3 is 0 Å². The summed E-state index contributed by atoms with van der Waals surface area (Å²) in [5.74, 6) is -0.270. The number of nitrogens with two attached hydrogens (primary N) is 1. The summed E-state index contributed by atoms with van der Waals surface area (Å²) >= 11 is 0. The van der Waals surface area contributed by atoms with Crippen LogP contribution in [0.25, 0.3) is 5.70 Å². The second kappa shape index (κ2) is 3.72. The molecule has 2 nitrogen and oxygen atoms in total. The first-order chi connectivity index (χ1) is 6.15. The molecule has 0 saturated heterocycles. The van der Waals surface area contributed by atoms with Crippen LogP contribution in [0.2, 0.25) is 0 Å². The molecule has 0 aliphatic carbocycles. The quantitative estimate of drug-likeness (QED) is 0.665. The molecule has 0 radical (unpaired) electrons. The van der Waals surface area contributed by atoms with Crippen molar-refractivity contribution in [1.82, 2.24) is 0 Å². The third-order valence-electron chi connectivity index (χ3n) is 1.71. The summed E-state index contributed by atoms with van der Waals surface area (Å²) in [6, 6.07) is 6.31. The van der Waals surface area contributed by atoms with Crippen LogP contribution in [0.3, 0.4) is 0 Å². The standard InChI is InChI=1S/C10H9FN2/c1-7-6-8(2-3-9(7)11)10(13)4-5-12/h2-4,6H,13H2,1H3/b10-4-. The number of nitrogens with zero attached hydrogens (tertiary/aromatic N) is 1. The molecule has 0 unspecified atom stereocenters. The molecule has 2 N–H and O–H groups in total. The number of allylic oxidation sites excluding steroid dienone is 1. The molecule has 66 valence electrons. The highest BCUT2D eigenvalue weighted by Gasteiger charge is 2.00. The van der Waals surface area contributed by atoms with Crippen molar-refractivity contribution in [2.45, 2.75) is 6.92 Å². The minimum atomic E-state index is -0.270. The molecule has 0 heterocycles. The van der Waals surface area contributed by atoms with E-state index in [1.165, 1.54) is 12.1 Å². The van der Waals surface area contributed by atoms with E-state index in [1.54, 1.807) is 19.1 Å². The van der Waals surface area contributed by atoms with E-state index in [0.717, 1.165) is 0 Å². The number of rotatable bonds is 1. The van der Waals surface area contributed by atoms with E-state index in [1.807, 2.05) is 6.07 Å². The van der Waals surface area contributed by atoms with Crippen molar-refractivity contribution in [2.75, 3.05) is 0 Å². The van der Waals surface area contributed by atoms with Crippen LogP contribution >= 0.6 is 0 Å². The molecule has 0 aliphatic rings. The van der Waals surface area contributed by atoms with Crippen molar-refractivity contribution in [2.24, 2.45) is 5.73 Å². The largest absolute Gasteiger partial charge is 0.398 e. The van der Waals surface area contributed by atoms with E-state index in [4.69, 9.17) is 11.0 Å². The highest BCUT2D eigenvalue weighted by molar-refractivity contribution is 5.65. The first kappa shape index (κ1) is 9.27. The molecule has 0 fully saturated rings. The van der Waals surface area contributed by atoms with Crippen LogP contribution in [-0.2, 0) is 0 Å². The summed E-state index contributed by atoms with van der Waals surface area (Å²) in [4.78, 5) is 0. The maximum atomic E-state index is 12.8. The van der Waals surface area contributed by atoms with Gasteiger partial charge in [0.15, 0.2) is 0 Å². The molecule has 1 aromatic rings. The van der Waals surface area contributed by atoms with Gasteiger partial charge in [0.05, 0.1) is 6.07 Å². The SMILES string of the molecule is Cc1cc(/C(N)=C/C#N)ccc1F. The Morgan fingerprint density at radius 1 is 1.62 bits per heavy atom. The zero-order valence-corrected chi connectivity index (χ0v) is 7.21. The average molecular weight is 176 g/mol. The predicted molar refractivity (Wildman–Crippen MR) is 48.9 cm³/mol. The topological polar surface area (TPSA) is 49.8 Å². The smallest absolute Gasteiger partial charge is 0.126 e. The molecule has 0 aromatic heterocycles. The number of hydrogen-bond donors (Lipinski definition) is 1. The maximum Gasteiger partial charge on any atom is 0.126 e. The van der Waals surface area contributed by atoms with Gasteiger partial charge in [-0.05, 0) is 36.2 Å². The van der Waals surface area contributed by atoms with Gasteiger partial charge in [0.1, 0.15) is 5.82 Å². The second-order valence-electron chi connectivity index (χ2n) is 2.69. The van der Waals surface area contributed by atoms with E-state index < -0.39 is 0 Å². The minimum absolute atomic E-state index is 0.270. The Morgan fingerprint density at radius 2 is 2.31 bits per heavy atom. The van der Waals surface area contributed by atoms with E-state index >= 15 is 0 Å². The molecule has 0 spiro atoms. The summed E-state index contributed by atoms with van der Waals surface area (Å²) in [6.45, 7) is 1.65. The monoisotopic (exact) mass is 176 g/mol. The van der Waals surface area contributed by atoms with Crippen molar-refractivity contribution >= 4 is 5.70 Å². The van der Waals surface area contributed by atoms with Crippen molar-refractivity contribution in [1.29, 1.82) is 5.26 Å². The van der Waals surface area contributed by atoms with E-state index in [0.29, 0.717) is 16.8 Å². The number of nitriles is 1. The molecular weight excluding hydrogens is 167 g/mol. The van der Waals surface area contributed by atoms with Gasteiger partial charge in [-0.25, -0.2) is 4.39 Å². The fraction of sp³-hybridized carbons (Fsp3) is 0.100. The molecule has 1 aromatic carbocycles. The first-order valence-electron chi connectivity index (χ1n) is 3.77. The Balaban J connectivity index is 3.13.